The number of carbonyl (C=O) groups is 3. The number of hydrogen-bond acceptors (Lipinski definition) is 3. The highest BCUT2D eigenvalue weighted by molar-refractivity contribution is 6.22. The van der Waals surface area contributed by atoms with E-state index in [0.29, 0.717) is 11.1 Å². The lowest BCUT2D eigenvalue weighted by molar-refractivity contribution is -0.126. The van der Waals surface area contributed by atoms with Gasteiger partial charge in [0.1, 0.15) is 6.04 Å². The van der Waals surface area contributed by atoms with Crippen molar-refractivity contribution in [3.05, 3.63) is 107 Å². The fourth-order valence-electron chi connectivity index (χ4n) is 4.17. The van der Waals surface area contributed by atoms with Crippen molar-refractivity contribution >= 4 is 17.7 Å². The van der Waals surface area contributed by atoms with Crippen LogP contribution in [-0.4, -0.2) is 28.7 Å². The maximum atomic E-state index is 13.6. The summed E-state index contributed by atoms with van der Waals surface area (Å²) in [5, 5.41) is 3.11. The summed E-state index contributed by atoms with van der Waals surface area (Å²) >= 11 is 0. The fraction of sp³-hybridized carbons (Fsp3) is 0.222. The van der Waals surface area contributed by atoms with Crippen LogP contribution in [0.25, 0.3) is 0 Å². The van der Waals surface area contributed by atoms with Crippen molar-refractivity contribution in [3.63, 3.8) is 0 Å². The standard InChI is InChI=1S/C27H26N2O3/c1-18(2)24(20-13-7-4-8-14-20)28-25(30)23(17-19-11-5-3-6-12-19)29-26(31)21-15-9-10-16-22(21)27(29)32/h3-16,18,23-24H,17H2,1-2H3,(H,28,30)/t23-,24-/m1/s1. The number of amides is 3. The molecular weight excluding hydrogens is 400 g/mol. The Morgan fingerprint density at radius 1 is 0.781 bits per heavy atom. The third kappa shape index (κ3) is 4.19. The van der Waals surface area contributed by atoms with E-state index in [9.17, 15) is 14.4 Å². The van der Waals surface area contributed by atoms with Gasteiger partial charge in [0.25, 0.3) is 11.8 Å². The number of nitrogens with one attached hydrogen (secondary N) is 1. The molecule has 0 aromatic heterocycles. The molecule has 5 nitrogen and oxygen atoms in total. The van der Waals surface area contributed by atoms with E-state index in [4.69, 9.17) is 0 Å². The summed E-state index contributed by atoms with van der Waals surface area (Å²) in [7, 11) is 0. The lowest BCUT2D eigenvalue weighted by Gasteiger charge is -2.29. The van der Waals surface area contributed by atoms with E-state index in [-0.39, 0.29) is 24.3 Å². The zero-order valence-corrected chi connectivity index (χ0v) is 18.2. The Labute approximate surface area is 188 Å². The molecule has 3 aromatic rings. The van der Waals surface area contributed by atoms with Crippen LogP contribution in [0.15, 0.2) is 84.9 Å². The van der Waals surface area contributed by atoms with E-state index in [1.807, 2.05) is 74.5 Å². The van der Waals surface area contributed by atoms with Gasteiger partial charge in [-0.2, -0.15) is 0 Å². The highest BCUT2D eigenvalue weighted by atomic mass is 16.2. The molecule has 3 aromatic carbocycles. The molecule has 0 fully saturated rings. The second kappa shape index (κ2) is 9.18. The Balaban J connectivity index is 1.68. The van der Waals surface area contributed by atoms with E-state index < -0.39 is 17.9 Å². The lowest BCUT2D eigenvalue weighted by Crippen LogP contribution is -2.51. The SMILES string of the molecule is CC(C)[C@@H](NC(=O)[C@@H](Cc1ccccc1)N1C(=O)c2ccccc2C1=O)c1ccccc1. The Morgan fingerprint density at radius 3 is 1.81 bits per heavy atom. The normalized spacial score (nSPS) is 14.9. The van der Waals surface area contributed by atoms with Crippen LogP contribution in [0.5, 0.6) is 0 Å². The zero-order valence-electron chi connectivity index (χ0n) is 18.2. The summed E-state index contributed by atoms with van der Waals surface area (Å²) < 4.78 is 0. The molecular formula is C27H26N2O3. The molecule has 1 heterocycles. The quantitative estimate of drug-likeness (QED) is 0.569. The van der Waals surface area contributed by atoms with E-state index in [0.717, 1.165) is 16.0 Å². The molecule has 162 valence electrons. The minimum absolute atomic E-state index is 0.126. The Kier molecular flexibility index (Phi) is 6.17. The summed E-state index contributed by atoms with van der Waals surface area (Å²) in [5.74, 6) is -1.07. The second-order valence-corrected chi connectivity index (χ2v) is 8.37. The molecule has 1 aliphatic heterocycles. The minimum atomic E-state index is -0.949. The van der Waals surface area contributed by atoms with E-state index in [2.05, 4.69) is 5.32 Å². The fourth-order valence-corrected chi connectivity index (χ4v) is 4.17. The molecule has 0 saturated heterocycles. The van der Waals surface area contributed by atoms with Crippen molar-refractivity contribution in [2.75, 3.05) is 0 Å². The average molecular weight is 427 g/mol. The number of carbonyl (C=O) groups excluding carboxylic acids is 3. The van der Waals surface area contributed by atoms with Gasteiger partial charge in [0.15, 0.2) is 0 Å². The summed E-state index contributed by atoms with van der Waals surface area (Å²) in [6.45, 7) is 4.07. The highest BCUT2D eigenvalue weighted by Gasteiger charge is 2.43. The van der Waals surface area contributed by atoms with Gasteiger partial charge in [0.05, 0.1) is 17.2 Å². The molecule has 32 heavy (non-hydrogen) atoms. The first kappa shape index (κ1) is 21.5. The van der Waals surface area contributed by atoms with Crippen molar-refractivity contribution in [1.29, 1.82) is 0 Å². The van der Waals surface area contributed by atoms with Crippen LogP contribution in [0.4, 0.5) is 0 Å². The van der Waals surface area contributed by atoms with Crippen LogP contribution in [0.1, 0.15) is 51.7 Å². The van der Waals surface area contributed by atoms with Crippen LogP contribution in [0.3, 0.4) is 0 Å². The first-order valence-corrected chi connectivity index (χ1v) is 10.8. The first-order chi connectivity index (χ1) is 15.5. The number of hydrogen-bond donors (Lipinski definition) is 1. The molecule has 4 rings (SSSR count). The van der Waals surface area contributed by atoms with Gasteiger partial charge in [-0.25, -0.2) is 0 Å². The number of fused-ring (bicyclic) bond motifs is 1. The van der Waals surface area contributed by atoms with E-state index >= 15 is 0 Å². The molecule has 2 atom stereocenters. The third-order valence-corrected chi connectivity index (χ3v) is 5.83. The van der Waals surface area contributed by atoms with Crippen LogP contribution in [-0.2, 0) is 11.2 Å². The van der Waals surface area contributed by atoms with Gasteiger partial charge in [-0.1, -0.05) is 86.6 Å². The van der Waals surface area contributed by atoms with Crippen LogP contribution >= 0.6 is 0 Å². The molecule has 0 spiro atoms. The topological polar surface area (TPSA) is 66.5 Å². The Hall–Kier alpha value is -3.73. The number of benzene rings is 3. The number of nitrogens with zero attached hydrogens (tertiary/aromatic N) is 1. The van der Waals surface area contributed by atoms with Gasteiger partial charge < -0.3 is 5.32 Å². The Bertz CT molecular complexity index is 1090. The molecule has 0 bridgehead atoms. The predicted octanol–water partition coefficient (Wildman–Crippen LogP) is 4.41. The number of rotatable bonds is 7. The molecule has 1 N–H and O–H groups in total. The zero-order chi connectivity index (χ0) is 22.7. The minimum Gasteiger partial charge on any atom is -0.347 e. The van der Waals surface area contributed by atoms with Crippen LogP contribution < -0.4 is 5.32 Å². The molecule has 0 unspecified atom stereocenters. The maximum absolute atomic E-state index is 13.6. The summed E-state index contributed by atoms with van der Waals surface area (Å²) in [5.41, 5.74) is 2.54. The maximum Gasteiger partial charge on any atom is 0.262 e. The van der Waals surface area contributed by atoms with Gasteiger partial charge in [-0.15, -0.1) is 0 Å². The van der Waals surface area contributed by atoms with Crippen molar-refractivity contribution in [2.45, 2.75) is 32.4 Å². The van der Waals surface area contributed by atoms with Gasteiger partial charge in [-0.05, 0) is 29.2 Å². The lowest BCUT2D eigenvalue weighted by atomic mass is 9.95. The smallest absolute Gasteiger partial charge is 0.262 e. The molecule has 5 heteroatoms. The van der Waals surface area contributed by atoms with Crippen molar-refractivity contribution in [2.24, 2.45) is 5.92 Å². The van der Waals surface area contributed by atoms with Crippen molar-refractivity contribution < 1.29 is 14.4 Å². The largest absolute Gasteiger partial charge is 0.347 e. The van der Waals surface area contributed by atoms with Gasteiger partial charge in [0.2, 0.25) is 5.91 Å². The van der Waals surface area contributed by atoms with Crippen molar-refractivity contribution in [3.8, 4) is 0 Å². The van der Waals surface area contributed by atoms with Crippen LogP contribution in [0, 0.1) is 5.92 Å². The molecule has 1 aliphatic rings. The second-order valence-electron chi connectivity index (χ2n) is 8.37. The van der Waals surface area contributed by atoms with Crippen LogP contribution in [0.2, 0.25) is 0 Å². The van der Waals surface area contributed by atoms with Gasteiger partial charge >= 0.3 is 0 Å². The third-order valence-electron chi connectivity index (χ3n) is 5.83. The molecule has 0 radical (unpaired) electrons. The van der Waals surface area contributed by atoms with Crippen molar-refractivity contribution in [1.82, 2.24) is 10.2 Å². The highest BCUT2D eigenvalue weighted by Crippen LogP contribution is 2.27. The number of imide groups is 1. The molecule has 0 saturated carbocycles. The molecule has 3 amide bonds. The first-order valence-electron chi connectivity index (χ1n) is 10.8. The van der Waals surface area contributed by atoms with Gasteiger partial charge in [0, 0.05) is 6.42 Å². The molecule has 0 aliphatic carbocycles. The summed E-state index contributed by atoms with van der Waals surface area (Å²) in [6.07, 6.45) is 0.248. The average Bonchev–Trinajstić information content (AvgIpc) is 3.07. The Morgan fingerprint density at radius 2 is 1.28 bits per heavy atom. The monoisotopic (exact) mass is 426 g/mol. The summed E-state index contributed by atoms with van der Waals surface area (Å²) in [6, 6.07) is 24.7. The van der Waals surface area contributed by atoms with Gasteiger partial charge in [-0.3, -0.25) is 19.3 Å². The van der Waals surface area contributed by atoms with E-state index in [1.165, 1.54) is 0 Å². The van der Waals surface area contributed by atoms with E-state index in [1.54, 1.807) is 24.3 Å². The predicted molar refractivity (Wildman–Crippen MR) is 123 cm³/mol. The summed E-state index contributed by atoms with van der Waals surface area (Å²) in [4.78, 5) is 41.0.